The number of aliphatic hydroxyl groups excluding tert-OH is 11. The summed E-state index contributed by atoms with van der Waals surface area (Å²) in [6.45, 7) is 1.60. The number of aliphatic hydroxyl groups is 11. The molecule has 478 valence electrons. The lowest BCUT2D eigenvalue weighted by Crippen LogP contribution is -2.66. The van der Waals surface area contributed by atoms with Gasteiger partial charge in [-0.25, -0.2) is 0 Å². The first-order valence-corrected chi connectivity index (χ1v) is 31.9. The maximum atomic E-state index is 13.3. The number of carbonyl (C=O) groups is 1. The first-order valence-electron chi connectivity index (χ1n) is 31.9. The third-order valence-electron chi connectivity index (χ3n) is 15.9. The molecule has 0 spiro atoms. The number of allylic oxidation sites excluding steroid dienone is 7. The van der Waals surface area contributed by atoms with E-state index in [0.717, 1.165) is 77.0 Å². The molecule has 0 saturated carbocycles. The van der Waals surface area contributed by atoms with E-state index in [0.29, 0.717) is 6.42 Å². The van der Waals surface area contributed by atoms with Crippen molar-refractivity contribution < 1.29 is 89.4 Å². The van der Waals surface area contributed by atoms with Gasteiger partial charge in [0.15, 0.2) is 18.9 Å². The molecule has 3 aliphatic rings. The molecule has 12 N–H and O–H groups in total. The molecule has 3 rings (SSSR count). The number of amides is 1. The maximum absolute atomic E-state index is 13.3. The number of hydrogen-bond donors (Lipinski definition) is 12. The molecule has 0 aromatic rings. The molecule has 19 heteroatoms. The van der Waals surface area contributed by atoms with Gasteiger partial charge < -0.3 is 89.9 Å². The fraction of sp³-hybridized carbons (Fsp3) is 0.857. The molecule has 0 aromatic heterocycles. The van der Waals surface area contributed by atoms with Crippen molar-refractivity contribution in [3.63, 3.8) is 0 Å². The van der Waals surface area contributed by atoms with Crippen LogP contribution in [0.4, 0.5) is 0 Å². The Hall–Kier alpha value is -2.25. The zero-order chi connectivity index (χ0) is 59.7. The van der Waals surface area contributed by atoms with Crippen LogP contribution in [0.2, 0.25) is 0 Å². The number of ether oxygens (including phenoxy) is 6. The summed E-state index contributed by atoms with van der Waals surface area (Å²) in [7, 11) is 0. The van der Waals surface area contributed by atoms with E-state index in [-0.39, 0.29) is 18.9 Å². The van der Waals surface area contributed by atoms with Crippen LogP contribution in [0.1, 0.15) is 213 Å². The second-order valence-electron chi connectivity index (χ2n) is 22.8. The highest BCUT2D eigenvalue weighted by Crippen LogP contribution is 2.33. The van der Waals surface area contributed by atoms with E-state index in [1.54, 1.807) is 6.08 Å². The predicted molar refractivity (Wildman–Crippen MR) is 314 cm³/mol. The lowest BCUT2D eigenvalue weighted by Gasteiger charge is -2.48. The number of nitrogens with one attached hydrogen (secondary N) is 1. The molecule has 0 aliphatic carbocycles. The van der Waals surface area contributed by atoms with Gasteiger partial charge in [-0.3, -0.25) is 4.79 Å². The van der Waals surface area contributed by atoms with E-state index in [4.69, 9.17) is 28.4 Å². The molecule has 0 aromatic carbocycles. The van der Waals surface area contributed by atoms with Crippen LogP contribution in [-0.4, -0.2) is 193 Å². The molecule has 3 aliphatic heterocycles. The van der Waals surface area contributed by atoms with Gasteiger partial charge in [0.25, 0.3) is 0 Å². The predicted octanol–water partition coefficient (Wildman–Crippen LogP) is 6.65. The largest absolute Gasteiger partial charge is 0.394 e. The highest BCUT2D eigenvalue weighted by Gasteiger charge is 2.53. The van der Waals surface area contributed by atoms with E-state index >= 15 is 0 Å². The van der Waals surface area contributed by atoms with Gasteiger partial charge in [-0.15, -0.1) is 0 Å². The minimum absolute atomic E-state index is 0.223. The lowest BCUT2D eigenvalue weighted by molar-refractivity contribution is -0.379. The monoisotopic (exact) mass is 1170 g/mol. The molecule has 17 atom stereocenters. The molecule has 3 heterocycles. The van der Waals surface area contributed by atoms with Gasteiger partial charge in [0.05, 0.1) is 38.6 Å². The summed E-state index contributed by atoms with van der Waals surface area (Å²) in [5.41, 5.74) is 0. The van der Waals surface area contributed by atoms with Gasteiger partial charge in [0, 0.05) is 6.42 Å². The molecular weight excluding hydrogens is 1060 g/mol. The Morgan fingerprint density at radius 1 is 0.451 bits per heavy atom. The van der Waals surface area contributed by atoms with Crippen molar-refractivity contribution in [1.29, 1.82) is 0 Å². The Morgan fingerprint density at radius 2 is 0.841 bits per heavy atom. The third-order valence-corrected chi connectivity index (χ3v) is 15.9. The fourth-order valence-corrected chi connectivity index (χ4v) is 10.7. The van der Waals surface area contributed by atoms with E-state index in [1.807, 2.05) is 6.08 Å². The topological polar surface area (TPSA) is 307 Å². The average molecular weight is 1170 g/mol. The summed E-state index contributed by atoms with van der Waals surface area (Å²) in [5.74, 6) is -0.293. The van der Waals surface area contributed by atoms with Crippen LogP contribution >= 0.6 is 0 Å². The summed E-state index contributed by atoms with van der Waals surface area (Å²) < 4.78 is 34.3. The standard InChI is InChI=1S/C63H113NO18/c1-3-5-7-9-11-13-15-17-19-20-21-22-23-24-25-27-28-30-32-34-36-38-40-47(68)46(64-51(69)41-39-37-35-33-31-29-26-18-16-14-12-10-8-6-4-2)45-77-61-57(75)54(72)59(49(43-66)79-61)82-63-58(76)55(73)60(50(44-67)80-63)81-62-56(74)53(71)52(70)48(42-65)78-62/h6,8,12,14,18,26,38,40,46-50,52-63,65-68,70-76H,3-5,7,9-11,13,15-17,19-25,27-37,39,41-45H2,1-2H3,(H,64,69)/b8-6-,14-12-,26-18-,40-38+. The van der Waals surface area contributed by atoms with Crippen molar-refractivity contribution >= 4 is 5.91 Å². The SMILES string of the molecule is CC/C=C\C/C=C\C/C=C\CCCCCCCC(=O)NC(COC1OC(CO)C(OC2OC(CO)C(OC3OC(CO)C(O)C(O)C3O)C(O)C2O)C(O)C1O)C(O)/C=C/CCCCCCCCCCCCCCCCCCCCCC. The van der Waals surface area contributed by atoms with Crippen molar-refractivity contribution in [3.05, 3.63) is 48.6 Å². The minimum Gasteiger partial charge on any atom is -0.394 e. The Balaban J connectivity index is 1.48. The van der Waals surface area contributed by atoms with Crippen LogP contribution in [0.15, 0.2) is 48.6 Å². The second-order valence-corrected chi connectivity index (χ2v) is 22.8. The Bertz CT molecular complexity index is 1680. The van der Waals surface area contributed by atoms with Crippen molar-refractivity contribution in [3.8, 4) is 0 Å². The molecule has 0 radical (unpaired) electrons. The van der Waals surface area contributed by atoms with Crippen LogP contribution in [0.5, 0.6) is 0 Å². The van der Waals surface area contributed by atoms with Crippen molar-refractivity contribution in [2.24, 2.45) is 0 Å². The third kappa shape index (κ3) is 29.0. The highest BCUT2D eigenvalue weighted by molar-refractivity contribution is 5.76. The average Bonchev–Trinajstić information content (AvgIpc) is 3.40. The highest BCUT2D eigenvalue weighted by atomic mass is 16.8. The van der Waals surface area contributed by atoms with E-state index in [1.165, 1.54) is 109 Å². The van der Waals surface area contributed by atoms with Gasteiger partial charge in [-0.2, -0.15) is 0 Å². The smallest absolute Gasteiger partial charge is 0.220 e. The van der Waals surface area contributed by atoms with Crippen molar-refractivity contribution in [2.75, 3.05) is 26.4 Å². The first-order chi connectivity index (χ1) is 39.8. The van der Waals surface area contributed by atoms with Gasteiger partial charge in [0.1, 0.15) is 73.2 Å². The zero-order valence-corrected chi connectivity index (χ0v) is 50.0. The van der Waals surface area contributed by atoms with Crippen molar-refractivity contribution in [2.45, 2.75) is 317 Å². The maximum Gasteiger partial charge on any atom is 0.220 e. The Morgan fingerprint density at radius 3 is 1.32 bits per heavy atom. The van der Waals surface area contributed by atoms with Crippen LogP contribution in [0, 0.1) is 0 Å². The quantitative estimate of drug-likeness (QED) is 0.0224. The van der Waals surface area contributed by atoms with Crippen LogP contribution in [-0.2, 0) is 33.2 Å². The second kappa shape index (κ2) is 46.0. The molecule has 3 saturated heterocycles. The van der Waals surface area contributed by atoms with E-state index < -0.39 is 124 Å². The first kappa shape index (κ1) is 74.0. The summed E-state index contributed by atoms with van der Waals surface area (Å²) in [6, 6.07) is -0.983. The summed E-state index contributed by atoms with van der Waals surface area (Å²) in [4.78, 5) is 13.3. The van der Waals surface area contributed by atoms with E-state index in [9.17, 15) is 61.0 Å². The number of hydrogen-bond acceptors (Lipinski definition) is 18. The Kier molecular flexibility index (Phi) is 41.5. The molecule has 19 nitrogen and oxygen atoms in total. The van der Waals surface area contributed by atoms with Gasteiger partial charge >= 0.3 is 0 Å². The van der Waals surface area contributed by atoms with Crippen molar-refractivity contribution in [1.82, 2.24) is 5.32 Å². The van der Waals surface area contributed by atoms with Gasteiger partial charge in [0.2, 0.25) is 5.91 Å². The number of rotatable bonds is 47. The normalized spacial score (nSPS) is 29.9. The van der Waals surface area contributed by atoms with Gasteiger partial charge in [-0.05, 0) is 51.4 Å². The van der Waals surface area contributed by atoms with Gasteiger partial charge in [-0.1, -0.05) is 204 Å². The molecule has 1 amide bonds. The lowest BCUT2D eigenvalue weighted by atomic mass is 9.96. The zero-order valence-electron chi connectivity index (χ0n) is 50.0. The summed E-state index contributed by atoms with van der Waals surface area (Å²) in [5, 5.41) is 120. The van der Waals surface area contributed by atoms with Crippen LogP contribution in [0.3, 0.4) is 0 Å². The van der Waals surface area contributed by atoms with E-state index in [2.05, 4.69) is 55.6 Å². The van der Waals surface area contributed by atoms with Crippen LogP contribution in [0.25, 0.3) is 0 Å². The number of carbonyl (C=O) groups excluding carboxylic acids is 1. The fourth-order valence-electron chi connectivity index (χ4n) is 10.7. The summed E-state index contributed by atoms with van der Waals surface area (Å²) >= 11 is 0. The molecule has 3 fully saturated rings. The Labute approximate surface area is 491 Å². The molecule has 0 bridgehead atoms. The molecule has 17 unspecified atom stereocenters. The number of unbranched alkanes of at least 4 members (excludes halogenated alkanes) is 25. The summed E-state index contributed by atoms with van der Waals surface area (Å²) in [6.07, 6.45) is 25.2. The molecular formula is C63H113NO18. The minimum atomic E-state index is -1.98. The molecule has 82 heavy (non-hydrogen) atoms. The van der Waals surface area contributed by atoms with Crippen LogP contribution < -0.4 is 5.32 Å².